The molecule has 1 aromatic carbocycles. The maximum Gasteiger partial charge on any atom is 0.249 e. The van der Waals surface area contributed by atoms with E-state index in [1.807, 2.05) is 12.1 Å². The Balaban J connectivity index is 2.19. The Labute approximate surface area is 110 Å². The first kappa shape index (κ1) is 12.6. The third-order valence-corrected chi connectivity index (χ3v) is 2.43. The van der Waals surface area contributed by atoms with E-state index in [4.69, 9.17) is 20.5 Å². The highest BCUT2D eigenvalue weighted by Gasteiger charge is 2.10. The Morgan fingerprint density at radius 3 is 2.53 bits per heavy atom. The van der Waals surface area contributed by atoms with Gasteiger partial charge < -0.3 is 15.2 Å². The maximum absolute atomic E-state index is 8.59. The number of hydrogen-bond donors (Lipinski definition) is 1. The molecule has 0 unspecified atom stereocenters. The molecule has 2 rings (SSSR count). The molecular formula is C13H12N4O2. The molecule has 6 nitrogen and oxygen atoms in total. The van der Waals surface area contributed by atoms with E-state index in [1.165, 1.54) is 13.4 Å². The highest BCUT2D eigenvalue weighted by atomic mass is 16.5. The summed E-state index contributed by atoms with van der Waals surface area (Å²) in [6, 6.07) is 9.21. The van der Waals surface area contributed by atoms with Crippen molar-refractivity contribution in [1.82, 2.24) is 9.97 Å². The van der Waals surface area contributed by atoms with Crippen molar-refractivity contribution in [1.29, 1.82) is 5.26 Å². The van der Waals surface area contributed by atoms with Crippen LogP contribution >= 0.6 is 0 Å². The van der Waals surface area contributed by atoms with Crippen molar-refractivity contribution < 1.29 is 9.47 Å². The smallest absolute Gasteiger partial charge is 0.249 e. The summed E-state index contributed by atoms with van der Waals surface area (Å²) in [6.07, 6.45) is 1.68. The summed E-state index contributed by atoms with van der Waals surface area (Å²) in [6.45, 7) is 0. The van der Waals surface area contributed by atoms with E-state index >= 15 is 0 Å². The fraction of sp³-hybridized carbons (Fsp3) is 0.154. The zero-order valence-electron chi connectivity index (χ0n) is 10.3. The number of aromatic nitrogens is 2. The first-order valence-electron chi connectivity index (χ1n) is 5.52. The van der Waals surface area contributed by atoms with Crippen LogP contribution < -0.4 is 15.2 Å². The standard InChI is InChI=1S/C13H12N4O2/c1-18-12-11(15)13(17-8-16-12)19-10-4-2-9(3-5-10)6-7-14/h2-5,8H,6,15H2,1H3. The summed E-state index contributed by atoms with van der Waals surface area (Å²) < 4.78 is 10.5. The van der Waals surface area contributed by atoms with Crippen molar-refractivity contribution in [2.24, 2.45) is 0 Å². The van der Waals surface area contributed by atoms with Crippen LogP contribution in [0.3, 0.4) is 0 Å². The molecule has 0 aliphatic rings. The minimum Gasteiger partial charge on any atom is -0.479 e. The summed E-state index contributed by atoms with van der Waals surface area (Å²) in [7, 11) is 1.47. The second kappa shape index (κ2) is 5.69. The molecule has 0 amide bonds. The number of nitriles is 1. The lowest BCUT2D eigenvalue weighted by molar-refractivity contribution is 0.391. The lowest BCUT2D eigenvalue weighted by atomic mass is 10.2. The van der Waals surface area contributed by atoms with E-state index in [9.17, 15) is 0 Å². The molecule has 0 fully saturated rings. The molecule has 0 saturated heterocycles. The molecule has 1 heterocycles. The van der Waals surface area contributed by atoms with Crippen molar-refractivity contribution in [3.63, 3.8) is 0 Å². The summed E-state index contributed by atoms with van der Waals surface area (Å²) in [4.78, 5) is 7.81. The number of methoxy groups -OCH3 is 1. The molecule has 2 N–H and O–H groups in total. The normalized spacial score (nSPS) is 9.68. The Morgan fingerprint density at radius 1 is 1.21 bits per heavy atom. The van der Waals surface area contributed by atoms with Crippen LogP contribution in [0.4, 0.5) is 5.69 Å². The molecule has 0 saturated carbocycles. The van der Waals surface area contributed by atoms with Gasteiger partial charge in [-0.05, 0) is 17.7 Å². The number of nitrogens with two attached hydrogens (primary N) is 1. The fourth-order valence-corrected chi connectivity index (χ4v) is 1.49. The zero-order chi connectivity index (χ0) is 13.7. The van der Waals surface area contributed by atoms with Crippen molar-refractivity contribution >= 4 is 5.69 Å². The van der Waals surface area contributed by atoms with Gasteiger partial charge in [0.1, 0.15) is 12.1 Å². The second-order valence-electron chi connectivity index (χ2n) is 3.68. The van der Waals surface area contributed by atoms with Gasteiger partial charge in [-0.25, -0.2) is 0 Å². The van der Waals surface area contributed by atoms with E-state index < -0.39 is 0 Å². The van der Waals surface area contributed by atoms with Gasteiger partial charge in [0.15, 0.2) is 5.69 Å². The van der Waals surface area contributed by atoms with E-state index in [2.05, 4.69) is 16.0 Å². The number of anilines is 1. The molecule has 0 atom stereocenters. The molecular weight excluding hydrogens is 244 g/mol. The number of hydrogen-bond acceptors (Lipinski definition) is 6. The van der Waals surface area contributed by atoms with Gasteiger partial charge in [0.25, 0.3) is 0 Å². The third-order valence-electron chi connectivity index (χ3n) is 2.43. The predicted octanol–water partition coefficient (Wildman–Crippen LogP) is 1.93. The molecule has 1 aromatic heterocycles. The molecule has 0 aliphatic heterocycles. The molecule has 19 heavy (non-hydrogen) atoms. The molecule has 6 heteroatoms. The summed E-state index contributed by atoms with van der Waals surface area (Å²) in [5, 5.41) is 8.59. The predicted molar refractivity (Wildman–Crippen MR) is 68.8 cm³/mol. The van der Waals surface area contributed by atoms with Crippen LogP contribution in [0.2, 0.25) is 0 Å². The summed E-state index contributed by atoms with van der Waals surface area (Å²) >= 11 is 0. The number of rotatable bonds is 4. The highest BCUT2D eigenvalue weighted by molar-refractivity contribution is 5.56. The van der Waals surface area contributed by atoms with Crippen molar-refractivity contribution in [3.8, 4) is 23.6 Å². The van der Waals surface area contributed by atoms with Gasteiger partial charge in [-0.2, -0.15) is 15.2 Å². The van der Waals surface area contributed by atoms with E-state index in [0.29, 0.717) is 12.2 Å². The van der Waals surface area contributed by atoms with Crippen LogP contribution in [0.1, 0.15) is 5.56 Å². The highest BCUT2D eigenvalue weighted by Crippen LogP contribution is 2.30. The first-order chi connectivity index (χ1) is 9.24. The van der Waals surface area contributed by atoms with Crippen LogP contribution in [0.25, 0.3) is 0 Å². The Bertz CT molecular complexity index is 605. The van der Waals surface area contributed by atoms with Crippen LogP contribution in [-0.2, 0) is 6.42 Å². The quantitative estimate of drug-likeness (QED) is 0.898. The largest absolute Gasteiger partial charge is 0.479 e. The lowest BCUT2D eigenvalue weighted by Crippen LogP contribution is -2.00. The van der Waals surface area contributed by atoms with Crippen LogP contribution in [0.5, 0.6) is 17.5 Å². The minimum atomic E-state index is 0.236. The van der Waals surface area contributed by atoms with Gasteiger partial charge >= 0.3 is 0 Å². The summed E-state index contributed by atoms with van der Waals surface area (Å²) in [5.41, 5.74) is 6.96. The van der Waals surface area contributed by atoms with Gasteiger partial charge in [-0.1, -0.05) is 12.1 Å². The molecule has 2 aromatic rings. The fourth-order valence-electron chi connectivity index (χ4n) is 1.49. The number of nitrogen functional groups attached to an aromatic ring is 1. The van der Waals surface area contributed by atoms with E-state index in [-0.39, 0.29) is 17.4 Å². The third kappa shape index (κ3) is 2.90. The molecule has 0 bridgehead atoms. The average molecular weight is 256 g/mol. The van der Waals surface area contributed by atoms with Crippen LogP contribution in [0, 0.1) is 11.3 Å². The van der Waals surface area contributed by atoms with Crippen LogP contribution in [-0.4, -0.2) is 17.1 Å². The maximum atomic E-state index is 8.59. The number of benzene rings is 1. The number of ether oxygens (including phenoxy) is 2. The summed E-state index contributed by atoms with van der Waals surface area (Å²) in [5.74, 6) is 1.08. The molecule has 0 spiro atoms. The Morgan fingerprint density at radius 2 is 1.89 bits per heavy atom. The van der Waals surface area contributed by atoms with E-state index in [1.54, 1.807) is 12.1 Å². The van der Waals surface area contributed by atoms with Crippen molar-refractivity contribution in [3.05, 3.63) is 36.2 Å². The molecule has 0 radical (unpaired) electrons. The lowest BCUT2D eigenvalue weighted by Gasteiger charge is -2.09. The monoisotopic (exact) mass is 256 g/mol. The zero-order valence-corrected chi connectivity index (χ0v) is 10.3. The topological polar surface area (TPSA) is 94.0 Å². The van der Waals surface area contributed by atoms with Crippen LogP contribution in [0.15, 0.2) is 30.6 Å². The van der Waals surface area contributed by atoms with E-state index in [0.717, 1.165) is 5.56 Å². The average Bonchev–Trinajstić information content (AvgIpc) is 2.43. The van der Waals surface area contributed by atoms with Gasteiger partial charge in [-0.3, -0.25) is 0 Å². The van der Waals surface area contributed by atoms with Gasteiger partial charge in [0.05, 0.1) is 19.6 Å². The SMILES string of the molecule is COc1ncnc(Oc2ccc(CC#N)cc2)c1N. The molecule has 96 valence electrons. The Kier molecular flexibility index (Phi) is 3.78. The minimum absolute atomic E-state index is 0.236. The van der Waals surface area contributed by atoms with Crippen molar-refractivity contribution in [2.45, 2.75) is 6.42 Å². The first-order valence-corrected chi connectivity index (χ1v) is 5.52. The second-order valence-corrected chi connectivity index (χ2v) is 3.68. The molecule has 0 aliphatic carbocycles. The number of nitrogens with zero attached hydrogens (tertiary/aromatic N) is 3. The van der Waals surface area contributed by atoms with Gasteiger partial charge in [-0.15, -0.1) is 0 Å². The van der Waals surface area contributed by atoms with Gasteiger partial charge in [0.2, 0.25) is 11.8 Å². The Hall–Kier alpha value is -2.81. The van der Waals surface area contributed by atoms with Crippen molar-refractivity contribution in [2.75, 3.05) is 12.8 Å². The van der Waals surface area contributed by atoms with Gasteiger partial charge in [0, 0.05) is 0 Å².